The molecule has 1 unspecified atom stereocenters. The summed E-state index contributed by atoms with van der Waals surface area (Å²) in [5.74, 6) is 6.64. The van der Waals surface area contributed by atoms with Crippen LogP contribution in [0.15, 0.2) is 46.9 Å². The van der Waals surface area contributed by atoms with Crippen molar-refractivity contribution in [2.24, 2.45) is 5.84 Å². The Kier molecular flexibility index (Phi) is 3.53. The molecule has 2 aromatic carbocycles. The molecule has 0 aliphatic rings. The first-order valence-corrected chi connectivity index (χ1v) is 7.12. The summed E-state index contributed by atoms with van der Waals surface area (Å²) in [6.45, 7) is 6.34. The van der Waals surface area contributed by atoms with Crippen molar-refractivity contribution in [3.8, 4) is 0 Å². The van der Waals surface area contributed by atoms with Gasteiger partial charge in [0.15, 0.2) is 0 Å². The normalized spacial score (nSPS) is 12.8. The number of hydrogen-bond donors (Lipinski definition) is 2. The second kappa shape index (κ2) is 5.35. The highest BCUT2D eigenvalue weighted by Crippen LogP contribution is 2.30. The predicted molar refractivity (Wildman–Crippen MR) is 86.0 cm³/mol. The van der Waals surface area contributed by atoms with Gasteiger partial charge in [0.05, 0.1) is 0 Å². The number of para-hydroxylation sites is 1. The van der Waals surface area contributed by atoms with Crippen LogP contribution in [0.1, 0.15) is 34.1 Å². The molecule has 3 nitrogen and oxygen atoms in total. The minimum absolute atomic E-state index is 0.142. The Morgan fingerprint density at radius 2 is 1.67 bits per heavy atom. The van der Waals surface area contributed by atoms with Crippen LogP contribution in [0.5, 0.6) is 0 Å². The molecular formula is C18H20N2O. The number of benzene rings is 2. The van der Waals surface area contributed by atoms with Gasteiger partial charge in [0.1, 0.15) is 17.4 Å². The fourth-order valence-electron chi connectivity index (χ4n) is 2.76. The number of fused-ring (bicyclic) bond motifs is 1. The summed E-state index contributed by atoms with van der Waals surface area (Å²) in [5, 5.41) is 1.09. The SMILES string of the molecule is Cc1cc(C)c(C(NN)c2cc3ccccc3o2)cc1C. The summed E-state index contributed by atoms with van der Waals surface area (Å²) in [5.41, 5.74) is 8.68. The molecule has 3 rings (SSSR count). The molecule has 108 valence electrons. The van der Waals surface area contributed by atoms with Crippen LogP contribution in [-0.4, -0.2) is 0 Å². The molecule has 1 atom stereocenters. The van der Waals surface area contributed by atoms with Crippen LogP contribution in [0.3, 0.4) is 0 Å². The smallest absolute Gasteiger partial charge is 0.134 e. The van der Waals surface area contributed by atoms with Gasteiger partial charge in [-0.15, -0.1) is 0 Å². The van der Waals surface area contributed by atoms with Crippen LogP contribution in [0.2, 0.25) is 0 Å². The maximum absolute atomic E-state index is 5.96. The molecule has 21 heavy (non-hydrogen) atoms. The highest BCUT2D eigenvalue weighted by atomic mass is 16.3. The van der Waals surface area contributed by atoms with Gasteiger partial charge in [-0.25, -0.2) is 5.43 Å². The Hall–Kier alpha value is -2.10. The fraction of sp³-hybridized carbons (Fsp3) is 0.222. The highest BCUT2D eigenvalue weighted by molar-refractivity contribution is 5.78. The third kappa shape index (κ3) is 2.46. The zero-order valence-electron chi connectivity index (χ0n) is 12.6. The van der Waals surface area contributed by atoms with Gasteiger partial charge < -0.3 is 4.42 Å². The molecule has 3 aromatic rings. The van der Waals surface area contributed by atoms with Crippen LogP contribution in [0, 0.1) is 20.8 Å². The van der Waals surface area contributed by atoms with Gasteiger partial charge in [-0.05, 0) is 55.2 Å². The van der Waals surface area contributed by atoms with Gasteiger partial charge in [-0.1, -0.05) is 30.3 Å². The Bertz CT molecular complexity index is 756. The third-order valence-electron chi connectivity index (χ3n) is 4.09. The molecule has 0 aliphatic carbocycles. The first-order valence-electron chi connectivity index (χ1n) is 7.12. The van der Waals surface area contributed by atoms with Crippen LogP contribution < -0.4 is 11.3 Å². The summed E-state index contributed by atoms with van der Waals surface area (Å²) in [7, 11) is 0. The summed E-state index contributed by atoms with van der Waals surface area (Å²) in [6, 6.07) is 14.3. The Labute approximate surface area is 124 Å². The standard InChI is InChI=1S/C18H20N2O/c1-11-8-13(3)15(9-12(11)2)18(20-19)17-10-14-6-4-5-7-16(14)21-17/h4-10,18,20H,19H2,1-3H3. The fourth-order valence-corrected chi connectivity index (χ4v) is 2.76. The van der Waals surface area contributed by atoms with Crippen molar-refractivity contribution in [2.75, 3.05) is 0 Å². The van der Waals surface area contributed by atoms with E-state index in [1.54, 1.807) is 0 Å². The number of nitrogens with one attached hydrogen (secondary N) is 1. The van der Waals surface area contributed by atoms with Crippen molar-refractivity contribution < 1.29 is 4.42 Å². The van der Waals surface area contributed by atoms with Crippen LogP contribution in [0.4, 0.5) is 0 Å². The number of hydrazine groups is 1. The topological polar surface area (TPSA) is 51.2 Å². The number of furan rings is 1. The number of nitrogens with two attached hydrogens (primary N) is 1. The first kappa shape index (κ1) is 13.9. The molecule has 3 heteroatoms. The van der Waals surface area contributed by atoms with E-state index < -0.39 is 0 Å². The van der Waals surface area contributed by atoms with Crippen LogP contribution in [0.25, 0.3) is 11.0 Å². The molecule has 0 saturated carbocycles. The van der Waals surface area contributed by atoms with Crippen molar-refractivity contribution in [3.05, 3.63) is 70.5 Å². The van der Waals surface area contributed by atoms with E-state index in [1.165, 1.54) is 16.7 Å². The number of aryl methyl sites for hydroxylation is 3. The van der Waals surface area contributed by atoms with E-state index in [9.17, 15) is 0 Å². The van der Waals surface area contributed by atoms with Crippen LogP contribution >= 0.6 is 0 Å². The molecule has 0 amide bonds. The second-order valence-electron chi connectivity index (χ2n) is 5.58. The number of hydrogen-bond acceptors (Lipinski definition) is 3. The van der Waals surface area contributed by atoms with E-state index in [2.05, 4.69) is 44.4 Å². The van der Waals surface area contributed by atoms with E-state index >= 15 is 0 Å². The van der Waals surface area contributed by atoms with Gasteiger partial charge in [-0.3, -0.25) is 5.84 Å². The van der Waals surface area contributed by atoms with E-state index in [0.29, 0.717) is 0 Å². The molecule has 0 fully saturated rings. The van der Waals surface area contributed by atoms with Gasteiger partial charge >= 0.3 is 0 Å². The van der Waals surface area contributed by atoms with E-state index in [0.717, 1.165) is 22.3 Å². The maximum atomic E-state index is 5.96. The molecule has 1 heterocycles. The lowest BCUT2D eigenvalue weighted by Gasteiger charge is -2.18. The molecule has 3 N–H and O–H groups in total. The lowest BCUT2D eigenvalue weighted by atomic mass is 9.95. The number of rotatable bonds is 3. The molecular weight excluding hydrogens is 260 g/mol. The predicted octanol–water partition coefficient (Wildman–Crippen LogP) is 3.91. The second-order valence-corrected chi connectivity index (χ2v) is 5.58. The average molecular weight is 280 g/mol. The lowest BCUT2D eigenvalue weighted by molar-refractivity contribution is 0.476. The minimum Gasteiger partial charge on any atom is -0.459 e. The molecule has 0 spiro atoms. The van der Waals surface area contributed by atoms with E-state index in [-0.39, 0.29) is 6.04 Å². The maximum Gasteiger partial charge on any atom is 0.134 e. The zero-order chi connectivity index (χ0) is 15.0. The summed E-state index contributed by atoms with van der Waals surface area (Å²) < 4.78 is 5.96. The van der Waals surface area contributed by atoms with Crippen molar-refractivity contribution >= 4 is 11.0 Å². The lowest BCUT2D eigenvalue weighted by Crippen LogP contribution is -2.29. The summed E-state index contributed by atoms with van der Waals surface area (Å²) in [6.07, 6.45) is 0. The first-order chi connectivity index (χ1) is 10.1. The molecule has 0 bridgehead atoms. The van der Waals surface area contributed by atoms with Crippen LogP contribution in [-0.2, 0) is 0 Å². The Morgan fingerprint density at radius 3 is 2.38 bits per heavy atom. The summed E-state index contributed by atoms with van der Waals surface area (Å²) in [4.78, 5) is 0. The van der Waals surface area contributed by atoms with Gasteiger partial charge in [0, 0.05) is 5.39 Å². The van der Waals surface area contributed by atoms with E-state index in [4.69, 9.17) is 10.3 Å². The third-order valence-corrected chi connectivity index (χ3v) is 4.09. The Morgan fingerprint density at radius 1 is 0.952 bits per heavy atom. The van der Waals surface area contributed by atoms with E-state index in [1.807, 2.05) is 24.3 Å². The zero-order valence-corrected chi connectivity index (χ0v) is 12.6. The van der Waals surface area contributed by atoms with Crippen molar-refractivity contribution in [2.45, 2.75) is 26.8 Å². The largest absolute Gasteiger partial charge is 0.459 e. The molecule has 1 aromatic heterocycles. The van der Waals surface area contributed by atoms with Crippen molar-refractivity contribution in [1.82, 2.24) is 5.43 Å². The Balaban J connectivity index is 2.11. The average Bonchev–Trinajstić information content (AvgIpc) is 2.88. The van der Waals surface area contributed by atoms with Crippen molar-refractivity contribution in [1.29, 1.82) is 0 Å². The molecule has 0 saturated heterocycles. The quantitative estimate of drug-likeness (QED) is 0.565. The van der Waals surface area contributed by atoms with Gasteiger partial charge in [0.2, 0.25) is 0 Å². The minimum atomic E-state index is -0.142. The molecule has 0 aliphatic heterocycles. The highest BCUT2D eigenvalue weighted by Gasteiger charge is 2.19. The van der Waals surface area contributed by atoms with Gasteiger partial charge in [-0.2, -0.15) is 0 Å². The van der Waals surface area contributed by atoms with Gasteiger partial charge in [0.25, 0.3) is 0 Å². The monoisotopic (exact) mass is 280 g/mol. The van der Waals surface area contributed by atoms with Crippen molar-refractivity contribution in [3.63, 3.8) is 0 Å². The molecule has 0 radical (unpaired) electrons. The summed E-state index contributed by atoms with van der Waals surface area (Å²) >= 11 is 0.